The standard InChI is InChI=1S/C19H18N2O4/c1-21-11-16(18(22)15-10-14(25-3)8-9-17(15)21)19(23)20-12-4-6-13(24-2)7-5-12/h4-11H,1-3H3,(H,20,23). The molecule has 1 amide bonds. The Morgan fingerprint density at radius 3 is 2.28 bits per heavy atom. The van der Waals surface area contributed by atoms with Gasteiger partial charge in [-0.1, -0.05) is 0 Å². The Kier molecular flexibility index (Phi) is 4.43. The number of rotatable bonds is 4. The number of benzene rings is 2. The molecule has 0 aliphatic carbocycles. The van der Waals surface area contributed by atoms with Gasteiger partial charge in [0.2, 0.25) is 5.43 Å². The van der Waals surface area contributed by atoms with Crippen molar-refractivity contribution >= 4 is 22.5 Å². The molecule has 0 bridgehead atoms. The molecule has 0 saturated heterocycles. The highest BCUT2D eigenvalue weighted by atomic mass is 16.5. The summed E-state index contributed by atoms with van der Waals surface area (Å²) in [6, 6.07) is 12.1. The number of nitrogens with zero attached hydrogens (tertiary/aromatic N) is 1. The number of anilines is 1. The van der Waals surface area contributed by atoms with Gasteiger partial charge in [-0.25, -0.2) is 0 Å². The number of hydrogen-bond donors (Lipinski definition) is 1. The number of fused-ring (bicyclic) bond motifs is 1. The summed E-state index contributed by atoms with van der Waals surface area (Å²) in [7, 11) is 4.89. The fourth-order valence-electron chi connectivity index (χ4n) is 2.63. The van der Waals surface area contributed by atoms with Gasteiger partial charge in [0.25, 0.3) is 5.91 Å². The predicted octanol–water partition coefficient (Wildman–Crippen LogP) is 2.81. The van der Waals surface area contributed by atoms with Crippen LogP contribution in [0.4, 0.5) is 5.69 Å². The lowest BCUT2D eigenvalue weighted by molar-refractivity contribution is 0.102. The summed E-state index contributed by atoms with van der Waals surface area (Å²) in [4.78, 5) is 25.3. The van der Waals surface area contributed by atoms with Crippen molar-refractivity contribution in [3.05, 3.63) is 64.4 Å². The zero-order valence-corrected chi connectivity index (χ0v) is 14.2. The quantitative estimate of drug-likeness (QED) is 0.794. The molecule has 0 unspecified atom stereocenters. The second kappa shape index (κ2) is 6.68. The maximum absolute atomic E-state index is 12.7. The Balaban J connectivity index is 2.00. The molecule has 6 heteroatoms. The average molecular weight is 338 g/mol. The van der Waals surface area contributed by atoms with Gasteiger partial charge in [0.15, 0.2) is 0 Å². The minimum atomic E-state index is -0.463. The van der Waals surface area contributed by atoms with Crippen molar-refractivity contribution in [2.75, 3.05) is 19.5 Å². The van der Waals surface area contributed by atoms with Crippen molar-refractivity contribution in [1.29, 1.82) is 0 Å². The lowest BCUT2D eigenvalue weighted by Crippen LogP contribution is -2.23. The second-order valence-electron chi connectivity index (χ2n) is 5.55. The molecule has 0 saturated carbocycles. The van der Waals surface area contributed by atoms with Gasteiger partial charge in [-0.3, -0.25) is 9.59 Å². The fourth-order valence-corrected chi connectivity index (χ4v) is 2.63. The van der Waals surface area contributed by atoms with Gasteiger partial charge in [-0.2, -0.15) is 0 Å². The first-order valence-electron chi connectivity index (χ1n) is 7.66. The van der Waals surface area contributed by atoms with E-state index >= 15 is 0 Å². The number of aromatic nitrogens is 1. The first-order valence-corrected chi connectivity index (χ1v) is 7.66. The number of hydrogen-bond acceptors (Lipinski definition) is 4. The van der Waals surface area contributed by atoms with Crippen LogP contribution in [-0.2, 0) is 7.05 Å². The third-order valence-electron chi connectivity index (χ3n) is 3.99. The van der Waals surface area contributed by atoms with E-state index in [0.717, 1.165) is 5.52 Å². The zero-order chi connectivity index (χ0) is 18.0. The van der Waals surface area contributed by atoms with Crippen LogP contribution in [0.2, 0.25) is 0 Å². The smallest absolute Gasteiger partial charge is 0.261 e. The SMILES string of the molecule is COc1ccc(NC(=O)c2cn(C)c3ccc(OC)cc3c2=O)cc1. The molecule has 0 radical (unpaired) electrons. The van der Waals surface area contributed by atoms with Gasteiger partial charge in [0.05, 0.1) is 25.1 Å². The Morgan fingerprint density at radius 1 is 1.00 bits per heavy atom. The van der Waals surface area contributed by atoms with E-state index in [1.165, 1.54) is 13.3 Å². The molecule has 3 aromatic rings. The van der Waals surface area contributed by atoms with Gasteiger partial charge in [0.1, 0.15) is 17.1 Å². The molecular formula is C19H18N2O4. The zero-order valence-electron chi connectivity index (χ0n) is 14.2. The Morgan fingerprint density at radius 2 is 1.64 bits per heavy atom. The molecule has 0 fully saturated rings. The normalized spacial score (nSPS) is 10.5. The molecule has 1 aromatic heterocycles. The topological polar surface area (TPSA) is 69.6 Å². The van der Waals surface area contributed by atoms with E-state index in [2.05, 4.69) is 5.32 Å². The number of aryl methyl sites for hydroxylation is 1. The van der Waals surface area contributed by atoms with Crippen molar-refractivity contribution in [1.82, 2.24) is 4.57 Å². The van der Waals surface area contributed by atoms with Crippen LogP contribution < -0.4 is 20.2 Å². The van der Waals surface area contributed by atoms with Crippen molar-refractivity contribution in [2.24, 2.45) is 7.05 Å². The largest absolute Gasteiger partial charge is 0.497 e. The van der Waals surface area contributed by atoms with E-state index in [-0.39, 0.29) is 11.0 Å². The number of ether oxygens (including phenoxy) is 2. The van der Waals surface area contributed by atoms with Crippen molar-refractivity contribution in [3.8, 4) is 11.5 Å². The fraction of sp³-hybridized carbons (Fsp3) is 0.158. The Labute approximate surface area is 144 Å². The summed E-state index contributed by atoms with van der Waals surface area (Å²) in [5.41, 5.74) is 1.04. The van der Waals surface area contributed by atoms with Gasteiger partial charge in [-0.15, -0.1) is 0 Å². The number of carbonyl (C=O) groups excluding carboxylic acids is 1. The summed E-state index contributed by atoms with van der Waals surface area (Å²) >= 11 is 0. The average Bonchev–Trinajstić information content (AvgIpc) is 2.64. The Hall–Kier alpha value is -3.28. The summed E-state index contributed by atoms with van der Waals surface area (Å²) in [6.07, 6.45) is 1.54. The van der Waals surface area contributed by atoms with E-state index in [1.807, 2.05) is 0 Å². The van der Waals surface area contributed by atoms with Crippen LogP contribution in [0.3, 0.4) is 0 Å². The Bertz CT molecular complexity index is 991. The third-order valence-corrected chi connectivity index (χ3v) is 3.99. The van der Waals surface area contributed by atoms with E-state index in [4.69, 9.17) is 9.47 Å². The molecule has 2 aromatic carbocycles. The molecule has 3 rings (SSSR count). The van der Waals surface area contributed by atoms with E-state index < -0.39 is 5.91 Å². The number of amides is 1. The van der Waals surface area contributed by atoms with E-state index in [9.17, 15) is 9.59 Å². The molecule has 25 heavy (non-hydrogen) atoms. The first-order chi connectivity index (χ1) is 12.0. The summed E-state index contributed by atoms with van der Waals surface area (Å²) in [6.45, 7) is 0. The molecule has 1 heterocycles. The number of nitrogens with one attached hydrogen (secondary N) is 1. The molecule has 6 nitrogen and oxygen atoms in total. The molecule has 128 valence electrons. The molecule has 1 N–H and O–H groups in total. The summed E-state index contributed by atoms with van der Waals surface area (Å²) in [5, 5.41) is 3.17. The number of pyridine rings is 1. The van der Waals surface area contributed by atoms with E-state index in [0.29, 0.717) is 22.6 Å². The lowest BCUT2D eigenvalue weighted by atomic mass is 10.1. The van der Waals surface area contributed by atoms with Crippen LogP contribution in [0.5, 0.6) is 11.5 Å². The maximum Gasteiger partial charge on any atom is 0.261 e. The number of carbonyl (C=O) groups is 1. The van der Waals surface area contributed by atoms with Crippen LogP contribution in [0.25, 0.3) is 10.9 Å². The minimum absolute atomic E-state index is 0.0686. The van der Waals surface area contributed by atoms with Gasteiger partial charge >= 0.3 is 0 Å². The van der Waals surface area contributed by atoms with Crippen molar-refractivity contribution in [3.63, 3.8) is 0 Å². The van der Waals surface area contributed by atoms with Gasteiger partial charge in [-0.05, 0) is 42.5 Å². The maximum atomic E-state index is 12.7. The minimum Gasteiger partial charge on any atom is -0.497 e. The second-order valence-corrected chi connectivity index (χ2v) is 5.55. The van der Waals surface area contributed by atoms with Crippen molar-refractivity contribution in [2.45, 2.75) is 0 Å². The highest BCUT2D eigenvalue weighted by Gasteiger charge is 2.15. The summed E-state index contributed by atoms with van der Waals surface area (Å²) < 4.78 is 12.0. The monoisotopic (exact) mass is 338 g/mol. The highest BCUT2D eigenvalue weighted by molar-refractivity contribution is 6.05. The highest BCUT2D eigenvalue weighted by Crippen LogP contribution is 2.19. The lowest BCUT2D eigenvalue weighted by Gasteiger charge is -2.11. The van der Waals surface area contributed by atoms with Crippen LogP contribution in [0.1, 0.15) is 10.4 Å². The van der Waals surface area contributed by atoms with Crippen LogP contribution in [-0.4, -0.2) is 24.7 Å². The number of methoxy groups -OCH3 is 2. The van der Waals surface area contributed by atoms with Crippen LogP contribution >= 0.6 is 0 Å². The van der Waals surface area contributed by atoms with Crippen molar-refractivity contribution < 1.29 is 14.3 Å². The first kappa shape index (κ1) is 16.6. The molecule has 0 spiro atoms. The van der Waals surface area contributed by atoms with Gasteiger partial charge in [0, 0.05) is 18.9 Å². The van der Waals surface area contributed by atoms with E-state index in [1.54, 1.807) is 61.2 Å². The van der Waals surface area contributed by atoms with Crippen LogP contribution in [0, 0.1) is 0 Å². The summed E-state index contributed by atoms with van der Waals surface area (Å²) in [5.74, 6) is 0.791. The van der Waals surface area contributed by atoms with Crippen LogP contribution in [0.15, 0.2) is 53.5 Å². The molecule has 0 aliphatic rings. The predicted molar refractivity (Wildman–Crippen MR) is 96.7 cm³/mol. The molecule has 0 atom stereocenters. The third kappa shape index (κ3) is 3.19. The van der Waals surface area contributed by atoms with Gasteiger partial charge < -0.3 is 19.4 Å². The molecular weight excluding hydrogens is 320 g/mol. The molecule has 0 aliphatic heterocycles.